The molecule has 1 fully saturated rings. The lowest BCUT2D eigenvalue weighted by molar-refractivity contribution is -0.115. The summed E-state index contributed by atoms with van der Waals surface area (Å²) in [6.07, 6.45) is 6.57. The Morgan fingerprint density at radius 2 is 1.82 bits per heavy atom. The highest BCUT2D eigenvalue weighted by Crippen LogP contribution is 2.59. The number of aromatic hydroxyl groups is 1. The lowest BCUT2D eigenvalue weighted by atomic mass is 9.53. The number of phenols is 1. The van der Waals surface area contributed by atoms with Gasteiger partial charge in [0.15, 0.2) is 17.3 Å². The molecule has 0 amide bonds. The first-order chi connectivity index (χ1) is 15.9. The topological polar surface area (TPSA) is 93.1 Å². The molecular weight excluding hydrogens is 432 g/mol. The zero-order valence-corrected chi connectivity index (χ0v) is 20.6. The maximum atomic E-state index is 13.0. The maximum absolute atomic E-state index is 13.0. The number of hydrogen-bond acceptors (Lipinski definition) is 6. The molecule has 0 spiro atoms. The predicted octanol–water partition coefficient (Wildman–Crippen LogP) is 5.60. The van der Waals surface area contributed by atoms with Gasteiger partial charge in [-0.3, -0.25) is 4.79 Å². The molecule has 6 nitrogen and oxygen atoms in total. The number of hydrogen-bond donors (Lipinski definition) is 2. The van der Waals surface area contributed by atoms with Crippen LogP contribution in [0.2, 0.25) is 0 Å². The van der Waals surface area contributed by atoms with Gasteiger partial charge in [0.1, 0.15) is 6.10 Å². The fraction of sp³-hybridized carbons (Fsp3) is 0.429. The molecule has 0 bridgehead atoms. The van der Waals surface area contributed by atoms with Crippen molar-refractivity contribution in [1.29, 1.82) is 0 Å². The smallest absolute Gasteiger partial charge is 0.338 e. The van der Waals surface area contributed by atoms with E-state index < -0.39 is 17.5 Å². The van der Waals surface area contributed by atoms with E-state index in [0.717, 1.165) is 11.1 Å². The third kappa shape index (κ3) is 3.75. The van der Waals surface area contributed by atoms with Gasteiger partial charge in [0.25, 0.3) is 0 Å². The standard InChI is InChI=1S/C28H32O6/c1-15(2)19-11-16-8-10-22-27(3,4)13-18(14-28(22,5)23(16)25(31)24(19)30)34-26(32)17-7-9-20(29)21(12-17)33-6/h7-12,15,18,29,31H,13-14H2,1-6H3. The van der Waals surface area contributed by atoms with Crippen molar-refractivity contribution in [1.82, 2.24) is 0 Å². The minimum atomic E-state index is -0.665. The minimum absolute atomic E-state index is 0.00548. The van der Waals surface area contributed by atoms with Crippen molar-refractivity contribution in [3.8, 4) is 11.5 Å². The molecule has 0 saturated heterocycles. The number of aliphatic hydroxyl groups excluding tert-OH is 1. The van der Waals surface area contributed by atoms with E-state index in [2.05, 4.69) is 19.9 Å². The molecular formula is C28H32O6. The molecule has 1 aromatic rings. The van der Waals surface area contributed by atoms with Crippen molar-refractivity contribution in [3.05, 3.63) is 70.0 Å². The quantitative estimate of drug-likeness (QED) is 0.564. The van der Waals surface area contributed by atoms with Crippen LogP contribution in [0.4, 0.5) is 0 Å². The lowest BCUT2D eigenvalue weighted by Crippen LogP contribution is -2.46. The third-order valence-electron chi connectivity index (χ3n) is 7.30. The zero-order chi connectivity index (χ0) is 25.0. The van der Waals surface area contributed by atoms with Crippen molar-refractivity contribution in [2.75, 3.05) is 7.11 Å². The van der Waals surface area contributed by atoms with Gasteiger partial charge in [-0.15, -0.1) is 0 Å². The fourth-order valence-electron chi connectivity index (χ4n) is 5.82. The van der Waals surface area contributed by atoms with Gasteiger partial charge in [-0.25, -0.2) is 4.79 Å². The highest BCUT2D eigenvalue weighted by molar-refractivity contribution is 6.10. The third-order valence-corrected chi connectivity index (χ3v) is 7.30. The molecule has 180 valence electrons. The number of rotatable bonds is 4. The van der Waals surface area contributed by atoms with Gasteiger partial charge in [-0.2, -0.15) is 0 Å². The molecule has 3 aliphatic rings. The molecule has 3 aliphatic carbocycles. The molecule has 0 aliphatic heterocycles. The van der Waals surface area contributed by atoms with Crippen molar-refractivity contribution in [2.45, 2.75) is 53.6 Å². The van der Waals surface area contributed by atoms with E-state index in [0.29, 0.717) is 24.0 Å². The highest BCUT2D eigenvalue weighted by Gasteiger charge is 2.52. The lowest BCUT2D eigenvalue weighted by Gasteiger charge is -2.52. The first kappa shape index (κ1) is 23.9. The summed E-state index contributed by atoms with van der Waals surface area (Å²) in [4.78, 5) is 26.0. The van der Waals surface area contributed by atoms with Crippen LogP contribution in [-0.4, -0.2) is 35.2 Å². The molecule has 4 rings (SSSR count). The monoisotopic (exact) mass is 464 g/mol. The summed E-state index contributed by atoms with van der Waals surface area (Å²) >= 11 is 0. The molecule has 2 unspecified atom stereocenters. The average Bonchev–Trinajstić information content (AvgIpc) is 2.74. The van der Waals surface area contributed by atoms with Crippen molar-refractivity contribution in [2.24, 2.45) is 16.7 Å². The number of carbonyl (C=O) groups is 2. The first-order valence-electron chi connectivity index (χ1n) is 11.6. The summed E-state index contributed by atoms with van der Waals surface area (Å²) in [5, 5.41) is 20.9. The Kier molecular flexibility index (Phi) is 5.75. The molecule has 0 radical (unpaired) electrons. The number of esters is 1. The van der Waals surface area contributed by atoms with Crippen LogP contribution in [0.25, 0.3) is 0 Å². The second-order valence-electron chi connectivity index (χ2n) is 10.5. The summed E-state index contributed by atoms with van der Waals surface area (Å²) in [5.41, 5.74) is 2.43. The Balaban J connectivity index is 1.69. The van der Waals surface area contributed by atoms with Crippen LogP contribution in [0.15, 0.2) is 64.5 Å². The van der Waals surface area contributed by atoms with Crippen LogP contribution in [0.3, 0.4) is 0 Å². The van der Waals surface area contributed by atoms with E-state index in [1.807, 2.05) is 32.9 Å². The summed E-state index contributed by atoms with van der Waals surface area (Å²) in [6.45, 7) is 10.1. The van der Waals surface area contributed by atoms with Gasteiger partial charge in [-0.1, -0.05) is 52.3 Å². The molecule has 34 heavy (non-hydrogen) atoms. The summed E-state index contributed by atoms with van der Waals surface area (Å²) in [6, 6.07) is 4.34. The van der Waals surface area contributed by atoms with Gasteiger partial charge in [0.05, 0.1) is 12.7 Å². The Hall–Kier alpha value is -3.28. The summed E-state index contributed by atoms with van der Waals surface area (Å²) in [7, 11) is 1.42. The van der Waals surface area contributed by atoms with E-state index in [1.165, 1.54) is 25.3 Å². The van der Waals surface area contributed by atoms with Crippen LogP contribution >= 0.6 is 0 Å². The van der Waals surface area contributed by atoms with Gasteiger partial charge in [0, 0.05) is 16.6 Å². The number of Topliss-reactive ketones (excluding diaryl/α,β-unsaturated/α-hetero) is 1. The Morgan fingerprint density at radius 3 is 2.47 bits per heavy atom. The van der Waals surface area contributed by atoms with E-state index in [-0.39, 0.29) is 39.9 Å². The van der Waals surface area contributed by atoms with E-state index in [1.54, 1.807) is 0 Å². The van der Waals surface area contributed by atoms with Gasteiger partial charge in [-0.05, 0) is 54.0 Å². The van der Waals surface area contributed by atoms with Crippen LogP contribution in [-0.2, 0) is 9.53 Å². The SMILES string of the molecule is COc1cc(C(=O)OC2CC(C)(C)C3=CC=C4C=C(C(C)C)C(=O)C(O)=C4C3(C)C2)ccc1O. The average molecular weight is 465 g/mol. The molecule has 0 heterocycles. The zero-order valence-electron chi connectivity index (χ0n) is 20.6. The second-order valence-corrected chi connectivity index (χ2v) is 10.5. The number of phenolic OH excluding ortho intramolecular Hbond substituents is 1. The number of aliphatic hydroxyl groups is 1. The van der Waals surface area contributed by atoms with Crippen LogP contribution in [0.1, 0.15) is 57.8 Å². The summed E-state index contributed by atoms with van der Waals surface area (Å²) in [5.74, 6) is -0.925. The van der Waals surface area contributed by atoms with E-state index in [4.69, 9.17) is 9.47 Å². The van der Waals surface area contributed by atoms with E-state index in [9.17, 15) is 19.8 Å². The van der Waals surface area contributed by atoms with Crippen LogP contribution in [0, 0.1) is 16.7 Å². The minimum Gasteiger partial charge on any atom is -0.504 e. The number of fused-ring (bicyclic) bond motifs is 3. The second kappa shape index (κ2) is 8.19. The number of benzene rings is 1. The largest absolute Gasteiger partial charge is 0.504 e. The summed E-state index contributed by atoms with van der Waals surface area (Å²) < 4.78 is 11.0. The molecule has 0 aromatic heterocycles. The number of methoxy groups -OCH3 is 1. The Morgan fingerprint density at radius 1 is 1.12 bits per heavy atom. The molecule has 1 aromatic carbocycles. The van der Waals surface area contributed by atoms with Crippen molar-refractivity contribution < 1.29 is 29.3 Å². The van der Waals surface area contributed by atoms with Gasteiger partial charge >= 0.3 is 5.97 Å². The number of ketones is 1. The number of allylic oxidation sites excluding steroid dienone is 7. The van der Waals surface area contributed by atoms with Gasteiger partial charge < -0.3 is 19.7 Å². The Labute approximate surface area is 200 Å². The molecule has 2 atom stereocenters. The van der Waals surface area contributed by atoms with Gasteiger partial charge in [0.2, 0.25) is 5.78 Å². The van der Waals surface area contributed by atoms with Crippen molar-refractivity contribution >= 4 is 11.8 Å². The van der Waals surface area contributed by atoms with E-state index >= 15 is 0 Å². The first-order valence-corrected chi connectivity index (χ1v) is 11.6. The highest BCUT2D eigenvalue weighted by atomic mass is 16.5. The molecule has 6 heteroatoms. The van der Waals surface area contributed by atoms with Crippen LogP contribution in [0.5, 0.6) is 11.5 Å². The number of carbonyl (C=O) groups excluding carboxylic acids is 2. The van der Waals surface area contributed by atoms with Crippen molar-refractivity contribution in [3.63, 3.8) is 0 Å². The maximum Gasteiger partial charge on any atom is 0.338 e. The molecule has 2 N–H and O–H groups in total. The Bertz CT molecular complexity index is 1190. The molecule has 1 saturated carbocycles. The number of ether oxygens (including phenoxy) is 2. The predicted molar refractivity (Wildman–Crippen MR) is 129 cm³/mol. The fourth-order valence-corrected chi connectivity index (χ4v) is 5.82. The normalized spacial score (nSPS) is 25.7. The van der Waals surface area contributed by atoms with Crippen LogP contribution < -0.4 is 4.74 Å².